The minimum absolute atomic E-state index is 0.234. The van der Waals surface area contributed by atoms with Gasteiger partial charge in [-0.2, -0.15) is 5.10 Å². The van der Waals surface area contributed by atoms with Crippen molar-refractivity contribution < 1.29 is 14.1 Å². The number of benzene rings is 2. The predicted octanol–water partition coefficient (Wildman–Crippen LogP) is 4.29. The molecule has 0 bridgehead atoms. The number of hydrogen-bond acceptors (Lipinski definition) is 5. The molecule has 5 rings (SSSR count). The molecule has 1 aliphatic carbocycles. The van der Waals surface area contributed by atoms with Crippen LogP contribution in [0.15, 0.2) is 71.5 Å². The van der Waals surface area contributed by atoms with Gasteiger partial charge in [0.2, 0.25) is 0 Å². The van der Waals surface area contributed by atoms with E-state index in [1.165, 1.54) is 24.0 Å². The number of nitrogens with zero attached hydrogens (tertiary/aromatic N) is 3. The number of ether oxygens (including phenoxy) is 1. The Balaban J connectivity index is 1.10. The van der Waals surface area contributed by atoms with Crippen molar-refractivity contribution in [3.05, 3.63) is 95.1 Å². The maximum Gasteiger partial charge on any atom is 0.273 e. The van der Waals surface area contributed by atoms with Gasteiger partial charge >= 0.3 is 0 Å². The summed E-state index contributed by atoms with van der Waals surface area (Å²) in [6.45, 7) is 0.713. The highest BCUT2D eigenvalue weighted by molar-refractivity contribution is 5.92. The van der Waals surface area contributed by atoms with E-state index in [0.29, 0.717) is 18.7 Å². The molecular weight excluding hydrogens is 416 g/mol. The lowest BCUT2D eigenvalue weighted by atomic mass is 9.92. The zero-order valence-electron chi connectivity index (χ0n) is 18.4. The van der Waals surface area contributed by atoms with Crippen LogP contribution < -0.4 is 10.1 Å². The van der Waals surface area contributed by atoms with E-state index in [1.54, 1.807) is 6.07 Å². The Morgan fingerprint density at radius 2 is 1.91 bits per heavy atom. The normalized spacial score (nSPS) is 12.8. The van der Waals surface area contributed by atoms with Crippen molar-refractivity contribution in [3.63, 3.8) is 0 Å². The summed E-state index contributed by atoms with van der Waals surface area (Å²) >= 11 is 0. The molecule has 2 heterocycles. The molecule has 4 aromatic rings. The topological polar surface area (TPSA) is 82.2 Å². The number of nitrogens with one attached hydrogen (secondary N) is 1. The molecule has 2 aromatic heterocycles. The van der Waals surface area contributed by atoms with Crippen molar-refractivity contribution in [1.29, 1.82) is 0 Å². The number of fused-ring (bicyclic) bond motifs is 1. The van der Waals surface area contributed by atoms with Crippen molar-refractivity contribution in [2.45, 2.75) is 38.7 Å². The maximum absolute atomic E-state index is 12.4. The Morgan fingerprint density at radius 1 is 1.06 bits per heavy atom. The quantitative estimate of drug-likeness (QED) is 0.440. The summed E-state index contributed by atoms with van der Waals surface area (Å²) < 4.78 is 13.0. The summed E-state index contributed by atoms with van der Waals surface area (Å²) in [6.07, 6.45) is 9.18. The van der Waals surface area contributed by atoms with Crippen LogP contribution in [0.4, 0.5) is 0 Å². The molecule has 0 saturated heterocycles. The van der Waals surface area contributed by atoms with E-state index >= 15 is 0 Å². The van der Waals surface area contributed by atoms with Gasteiger partial charge in [0.15, 0.2) is 11.5 Å². The number of aromatic nitrogens is 3. The van der Waals surface area contributed by atoms with Crippen LogP contribution >= 0.6 is 0 Å². The molecule has 2 aromatic carbocycles. The molecule has 0 fully saturated rings. The first kappa shape index (κ1) is 21.0. The highest BCUT2D eigenvalue weighted by Crippen LogP contribution is 2.25. The third-order valence-corrected chi connectivity index (χ3v) is 5.85. The lowest BCUT2D eigenvalue weighted by molar-refractivity contribution is 0.0944. The van der Waals surface area contributed by atoms with Gasteiger partial charge in [-0.25, -0.2) is 4.68 Å². The molecule has 1 N–H and O–H groups in total. The zero-order valence-corrected chi connectivity index (χ0v) is 18.4. The first-order valence-corrected chi connectivity index (χ1v) is 11.3. The third-order valence-electron chi connectivity index (χ3n) is 5.85. The second kappa shape index (κ2) is 9.73. The Kier molecular flexibility index (Phi) is 6.19. The molecule has 33 heavy (non-hydrogen) atoms. The van der Waals surface area contributed by atoms with E-state index in [1.807, 2.05) is 53.5 Å². The summed E-state index contributed by atoms with van der Waals surface area (Å²) in [5.41, 5.74) is 5.07. The van der Waals surface area contributed by atoms with Crippen LogP contribution in [-0.4, -0.2) is 27.4 Å². The van der Waals surface area contributed by atoms with Crippen LogP contribution in [0.25, 0.3) is 5.69 Å². The SMILES string of the molecule is O=C(NCCc1cnn(-c2ccccc2)c1)c1cc(COc2ccc3c(c2)CCCC3)on1. The second-order valence-electron chi connectivity index (χ2n) is 8.24. The molecule has 0 unspecified atom stereocenters. The lowest BCUT2D eigenvalue weighted by Crippen LogP contribution is -2.25. The third kappa shape index (κ3) is 5.14. The summed E-state index contributed by atoms with van der Waals surface area (Å²) in [6, 6.07) is 17.8. The van der Waals surface area contributed by atoms with Gasteiger partial charge in [-0.05, 0) is 73.1 Å². The average Bonchev–Trinajstić information content (AvgIpc) is 3.53. The monoisotopic (exact) mass is 442 g/mol. The van der Waals surface area contributed by atoms with Crippen molar-refractivity contribution in [1.82, 2.24) is 20.3 Å². The fourth-order valence-corrected chi connectivity index (χ4v) is 4.06. The minimum atomic E-state index is -0.269. The number of hydrogen-bond donors (Lipinski definition) is 1. The Hall–Kier alpha value is -3.87. The molecule has 1 aliphatic rings. The number of aryl methyl sites for hydroxylation is 2. The van der Waals surface area contributed by atoms with Crippen LogP contribution in [0.3, 0.4) is 0 Å². The predicted molar refractivity (Wildman–Crippen MR) is 124 cm³/mol. The number of para-hydroxylation sites is 1. The van der Waals surface area contributed by atoms with Gasteiger partial charge in [-0.3, -0.25) is 4.79 Å². The summed E-state index contributed by atoms with van der Waals surface area (Å²) in [5.74, 6) is 1.06. The van der Waals surface area contributed by atoms with Gasteiger partial charge in [0.25, 0.3) is 5.91 Å². The zero-order chi connectivity index (χ0) is 22.5. The Morgan fingerprint density at radius 3 is 2.79 bits per heavy atom. The Bertz CT molecular complexity index is 1230. The number of amides is 1. The van der Waals surface area contributed by atoms with Crippen molar-refractivity contribution in [2.75, 3.05) is 6.54 Å². The molecule has 0 aliphatic heterocycles. The van der Waals surface area contributed by atoms with Crippen LogP contribution in [0.2, 0.25) is 0 Å². The van der Waals surface area contributed by atoms with E-state index in [2.05, 4.69) is 27.7 Å². The van der Waals surface area contributed by atoms with Gasteiger partial charge in [-0.15, -0.1) is 0 Å². The van der Waals surface area contributed by atoms with Gasteiger partial charge in [0, 0.05) is 18.8 Å². The number of carbonyl (C=O) groups is 1. The standard InChI is InChI=1S/C26H26N4O3/c31-26(27-13-12-19-16-28-30(17-19)22-8-2-1-3-9-22)25-15-24(33-29-25)18-32-23-11-10-20-6-4-5-7-21(20)14-23/h1-3,8-11,14-17H,4-7,12-13,18H2,(H,27,31). The summed E-state index contributed by atoms with van der Waals surface area (Å²) in [4.78, 5) is 12.4. The smallest absolute Gasteiger partial charge is 0.273 e. The second-order valence-corrected chi connectivity index (χ2v) is 8.24. The molecule has 7 heteroatoms. The van der Waals surface area contributed by atoms with Gasteiger partial charge in [-0.1, -0.05) is 29.4 Å². The van der Waals surface area contributed by atoms with Crippen LogP contribution in [0.1, 0.15) is 45.8 Å². The van der Waals surface area contributed by atoms with E-state index < -0.39 is 0 Å². The first-order chi connectivity index (χ1) is 16.2. The van der Waals surface area contributed by atoms with E-state index in [9.17, 15) is 4.79 Å². The minimum Gasteiger partial charge on any atom is -0.486 e. The molecule has 7 nitrogen and oxygen atoms in total. The fraction of sp³-hybridized carbons (Fsp3) is 0.269. The highest BCUT2D eigenvalue weighted by Gasteiger charge is 2.14. The fourth-order valence-electron chi connectivity index (χ4n) is 4.06. The van der Waals surface area contributed by atoms with Gasteiger partial charge in [0.05, 0.1) is 11.9 Å². The van der Waals surface area contributed by atoms with E-state index in [4.69, 9.17) is 9.26 Å². The lowest BCUT2D eigenvalue weighted by Gasteiger charge is -2.16. The van der Waals surface area contributed by atoms with Crippen molar-refractivity contribution in [3.8, 4) is 11.4 Å². The first-order valence-electron chi connectivity index (χ1n) is 11.3. The number of carbonyl (C=O) groups excluding carboxylic acids is 1. The molecule has 168 valence electrons. The molecular formula is C26H26N4O3. The Labute approximate surface area is 192 Å². The average molecular weight is 443 g/mol. The van der Waals surface area contributed by atoms with Gasteiger partial charge < -0.3 is 14.6 Å². The highest BCUT2D eigenvalue weighted by atomic mass is 16.5. The summed E-state index contributed by atoms with van der Waals surface area (Å²) in [7, 11) is 0. The van der Waals surface area contributed by atoms with Gasteiger partial charge in [0.1, 0.15) is 12.4 Å². The van der Waals surface area contributed by atoms with Crippen LogP contribution in [0, 0.1) is 0 Å². The molecule has 0 saturated carbocycles. The van der Waals surface area contributed by atoms with Crippen molar-refractivity contribution >= 4 is 5.91 Å². The maximum atomic E-state index is 12.4. The van der Waals surface area contributed by atoms with Crippen LogP contribution in [0.5, 0.6) is 5.75 Å². The summed E-state index contributed by atoms with van der Waals surface area (Å²) in [5, 5.41) is 11.1. The van der Waals surface area contributed by atoms with Crippen LogP contribution in [-0.2, 0) is 25.9 Å². The van der Waals surface area contributed by atoms with E-state index in [-0.39, 0.29) is 18.2 Å². The molecule has 0 radical (unpaired) electrons. The van der Waals surface area contributed by atoms with Crippen molar-refractivity contribution in [2.24, 2.45) is 0 Å². The number of rotatable bonds is 8. The molecule has 0 atom stereocenters. The largest absolute Gasteiger partial charge is 0.486 e. The molecule has 1 amide bonds. The molecule has 0 spiro atoms. The van der Waals surface area contributed by atoms with E-state index in [0.717, 1.165) is 29.8 Å².